The monoisotopic (exact) mass is 202 g/mol. The maximum atomic E-state index is 5.53. The molecule has 0 aromatic heterocycles. The van der Waals surface area contributed by atoms with Crippen LogP contribution in [0.1, 0.15) is 6.42 Å². The lowest BCUT2D eigenvalue weighted by molar-refractivity contribution is 0.303. The van der Waals surface area contributed by atoms with E-state index in [4.69, 9.17) is 10.5 Å². The normalized spacial score (nSPS) is 18.8. The average Bonchev–Trinajstić information content (AvgIpc) is 1.94. The minimum absolute atomic E-state index is 0.764. The van der Waals surface area contributed by atoms with Crippen molar-refractivity contribution < 1.29 is 4.74 Å². The Morgan fingerprint density at radius 1 is 1.70 bits per heavy atom. The van der Waals surface area contributed by atoms with Gasteiger partial charge in [0.1, 0.15) is 5.76 Å². The number of rotatable bonds is 1. The van der Waals surface area contributed by atoms with E-state index in [0.717, 1.165) is 22.4 Å². The third kappa shape index (κ3) is 1.53. The fraction of sp³-hybridized carbons (Fsp3) is 0.286. The number of allylic oxidation sites excluding steroid dienone is 3. The molecule has 55 valence electrons. The molecule has 0 fully saturated rings. The zero-order valence-electron chi connectivity index (χ0n) is 5.73. The van der Waals surface area contributed by atoms with E-state index < -0.39 is 0 Å². The zero-order chi connectivity index (χ0) is 7.56. The standard InChI is InChI=1S/C7H9BrNO/c1-10-7-4-5(9)2-3-6(7)8/h2,4H,3,9H2,1H3. The highest BCUT2D eigenvalue weighted by Gasteiger charge is 2.08. The quantitative estimate of drug-likeness (QED) is 0.703. The third-order valence-corrected chi connectivity index (χ3v) is 2.02. The predicted octanol–water partition coefficient (Wildman–Crippen LogP) is 1.69. The van der Waals surface area contributed by atoms with E-state index in [0.29, 0.717) is 0 Å². The molecule has 0 heterocycles. The second-order valence-electron chi connectivity index (χ2n) is 2.03. The Labute approximate surface area is 68.9 Å². The molecule has 2 nitrogen and oxygen atoms in total. The lowest BCUT2D eigenvalue weighted by Crippen LogP contribution is -2.04. The van der Waals surface area contributed by atoms with Gasteiger partial charge in [-0.25, -0.2) is 0 Å². The van der Waals surface area contributed by atoms with Gasteiger partial charge in [-0.2, -0.15) is 0 Å². The summed E-state index contributed by atoms with van der Waals surface area (Å²) in [6.45, 7) is 0. The highest BCUT2D eigenvalue weighted by Crippen LogP contribution is 2.25. The van der Waals surface area contributed by atoms with E-state index in [1.807, 2.05) is 6.42 Å². The summed E-state index contributed by atoms with van der Waals surface area (Å²) in [6, 6.07) is 0. The summed E-state index contributed by atoms with van der Waals surface area (Å²) in [5, 5.41) is 0. The van der Waals surface area contributed by atoms with Crippen molar-refractivity contribution in [3.05, 3.63) is 28.4 Å². The van der Waals surface area contributed by atoms with Gasteiger partial charge >= 0.3 is 0 Å². The van der Waals surface area contributed by atoms with Crippen molar-refractivity contribution in [2.45, 2.75) is 6.42 Å². The van der Waals surface area contributed by atoms with E-state index in [9.17, 15) is 0 Å². The first-order chi connectivity index (χ1) is 4.74. The molecule has 1 aliphatic carbocycles. The van der Waals surface area contributed by atoms with Crippen LogP contribution in [0.25, 0.3) is 0 Å². The van der Waals surface area contributed by atoms with Gasteiger partial charge in [-0.05, 0) is 12.5 Å². The molecule has 0 unspecified atom stereocenters. The summed E-state index contributed by atoms with van der Waals surface area (Å²) in [5.41, 5.74) is 6.30. The van der Waals surface area contributed by atoms with Crippen molar-refractivity contribution in [1.82, 2.24) is 0 Å². The van der Waals surface area contributed by atoms with Crippen LogP contribution in [0, 0.1) is 6.42 Å². The summed E-state index contributed by atoms with van der Waals surface area (Å²) in [5.74, 6) is 0.819. The zero-order valence-corrected chi connectivity index (χ0v) is 7.31. The van der Waals surface area contributed by atoms with Crippen LogP contribution >= 0.6 is 15.9 Å². The summed E-state index contributed by atoms with van der Waals surface area (Å²) >= 11 is 3.37. The van der Waals surface area contributed by atoms with Crippen LogP contribution < -0.4 is 5.73 Å². The average molecular weight is 203 g/mol. The van der Waals surface area contributed by atoms with Crippen molar-refractivity contribution in [2.75, 3.05) is 7.11 Å². The SMILES string of the molecule is COC1=C(Br)C[CH]C(N)=C1. The molecule has 1 rings (SSSR count). The van der Waals surface area contributed by atoms with Gasteiger partial charge in [-0.1, -0.05) is 15.9 Å². The second-order valence-corrected chi connectivity index (χ2v) is 2.98. The first-order valence-corrected chi connectivity index (χ1v) is 3.76. The van der Waals surface area contributed by atoms with Crippen molar-refractivity contribution in [3.8, 4) is 0 Å². The fourth-order valence-electron chi connectivity index (χ4n) is 0.766. The topological polar surface area (TPSA) is 35.2 Å². The molecule has 1 radical (unpaired) electrons. The van der Waals surface area contributed by atoms with Crippen LogP contribution in [0.5, 0.6) is 0 Å². The van der Waals surface area contributed by atoms with Crippen molar-refractivity contribution >= 4 is 15.9 Å². The molecular weight excluding hydrogens is 194 g/mol. The molecule has 2 N–H and O–H groups in total. The molecule has 0 bridgehead atoms. The fourth-order valence-corrected chi connectivity index (χ4v) is 1.20. The number of nitrogens with two attached hydrogens (primary N) is 1. The maximum absolute atomic E-state index is 5.53. The van der Waals surface area contributed by atoms with Gasteiger partial charge in [0.05, 0.1) is 7.11 Å². The summed E-state index contributed by atoms with van der Waals surface area (Å²) < 4.78 is 6.08. The largest absolute Gasteiger partial charge is 0.496 e. The highest BCUT2D eigenvalue weighted by molar-refractivity contribution is 9.11. The van der Waals surface area contributed by atoms with Crippen LogP contribution in [-0.2, 0) is 4.74 Å². The van der Waals surface area contributed by atoms with Crippen molar-refractivity contribution in [2.24, 2.45) is 5.73 Å². The number of hydrogen-bond acceptors (Lipinski definition) is 2. The van der Waals surface area contributed by atoms with Gasteiger partial charge in [0.15, 0.2) is 0 Å². The number of hydrogen-bond donors (Lipinski definition) is 1. The van der Waals surface area contributed by atoms with Crippen LogP contribution in [0.15, 0.2) is 22.0 Å². The molecule has 0 spiro atoms. The van der Waals surface area contributed by atoms with E-state index in [2.05, 4.69) is 15.9 Å². The molecule has 0 saturated heterocycles. The van der Waals surface area contributed by atoms with E-state index in [-0.39, 0.29) is 0 Å². The third-order valence-electron chi connectivity index (χ3n) is 1.30. The molecular formula is C7H9BrNO. The predicted molar refractivity (Wildman–Crippen MR) is 44.1 cm³/mol. The molecule has 0 saturated carbocycles. The van der Waals surface area contributed by atoms with Crippen LogP contribution in [0.3, 0.4) is 0 Å². The van der Waals surface area contributed by atoms with Gasteiger partial charge in [0, 0.05) is 16.6 Å². The van der Waals surface area contributed by atoms with Crippen LogP contribution in [0.4, 0.5) is 0 Å². The minimum atomic E-state index is 0.764. The highest BCUT2D eigenvalue weighted by atomic mass is 79.9. The van der Waals surface area contributed by atoms with Gasteiger partial charge in [0.2, 0.25) is 0 Å². The molecule has 1 aliphatic rings. The van der Waals surface area contributed by atoms with E-state index >= 15 is 0 Å². The second kappa shape index (κ2) is 3.10. The Bertz CT molecular complexity index is 196. The lowest BCUT2D eigenvalue weighted by Gasteiger charge is -2.11. The smallest absolute Gasteiger partial charge is 0.130 e. The Morgan fingerprint density at radius 2 is 2.40 bits per heavy atom. The van der Waals surface area contributed by atoms with Gasteiger partial charge in [-0.3, -0.25) is 0 Å². The first-order valence-electron chi connectivity index (χ1n) is 2.97. The number of halogens is 1. The van der Waals surface area contributed by atoms with Gasteiger partial charge in [-0.15, -0.1) is 0 Å². The Balaban J connectivity index is 2.82. The summed E-state index contributed by atoms with van der Waals surface area (Å²) in [4.78, 5) is 0. The number of ether oxygens (including phenoxy) is 1. The number of methoxy groups -OCH3 is 1. The molecule has 0 aliphatic heterocycles. The van der Waals surface area contributed by atoms with Gasteiger partial charge < -0.3 is 10.5 Å². The Hall–Kier alpha value is -0.440. The molecule has 0 aromatic rings. The molecule has 3 heteroatoms. The van der Waals surface area contributed by atoms with Crippen LogP contribution in [0.2, 0.25) is 0 Å². The lowest BCUT2D eigenvalue weighted by atomic mass is 10.1. The maximum Gasteiger partial charge on any atom is 0.130 e. The van der Waals surface area contributed by atoms with E-state index in [1.54, 1.807) is 13.2 Å². The summed E-state index contributed by atoms with van der Waals surface area (Å²) in [6.07, 6.45) is 4.56. The molecule has 0 aromatic carbocycles. The molecule has 0 amide bonds. The molecule has 10 heavy (non-hydrogen) atoms. The Kier molecular flexibility index (Phi) is 2.38. The first kappa shape index (κ1) is 7.66. The Morgan fingerprint density at radius 3 is 2.90 bits per heavy atom. The summed E-state index contributed by atoms with van der Waals surface area (Å²) in [7, 11) is 1.63. The van der Waals surface area contributed by atoms with E-state index in [1.165, 1.54) is 0 Å². The van der Waals surface area contributed by atoms with Gasteiger partial charge in [0.25, 0.3) is 0 Å². The molecule has 0 atom stereocenters. The van der Waals surface area contributed by atoms with Crippen LogP contribution in [-0.4, -0.2) is 7.11 Å². The minimum Gasteiger partial charge on any atom is -0.496 e. The van der Waals surface area contributed by atoms with Crippen molar-refractivity contribution in [3.63, 3.8) is 0 Å². The van der Waals surface area contributed by atoms with Crippen molar-refractivity contribution in [1.29, 1.82) is 0 Å².